The van der Waals surface area contributed by atoms with E-state index < -0.39 is 0 Å². The van der Waals surface area contributed by atoms with Gasteiger partial charge < -0.3 is 10.1 Å². The molecule has 0 saturated heterocycles. The minimum atomic E-state index is 0.241. The molecule has 3 nitrogen and oxygen atoms in total. The van der Waals surface area contributed by atoms with Crippen molar-refractivity contribution >= 4 is 11.3 Å². The van der Waals surface area contributed by atoms with Gasteiger partial charge >= 0.3 is 0 Å². The van der Waals surface area contributed by atoms with Crippen LogP contribution in [-0.4, -0.2) is 31.8 Å². The fourth-order valence-electron chi connectivity index (χ4n) is 1.98. The number of thiazole rings is 1. The SMILES string of the molecule is COCCNCC(C)(Cc1nc(C)c(C)s1)C(C)C. The second-order valence-electron chi connectivity index (χ2n) is 5.90. The quantitative estimate of drug-likeness (QED) is 0.744. The molecule has 1 aromatic heterocycles. The maximum absolute atomic E-state index is 5.08. The molecule has 4 heteroatoms. The van der Waals surface area contributed by atoms with Crippen LogP contribution in [0.15, 0.2) is 0 Å². The van der Waals surface area contributed by atoms with Gasteiger partial charge in [0.25, 0.3) is 0 Å². The number of hydrogen-bond acceptors (Lipinski definition) is 4. The van der Waals surface area contributed by atoms with E-state index in [2.05, 4.69) is 44.9 Å². The summed E-state index contributed by atoms with van der Waals surface area (Å²) in [5, 5.41) is 4.77. The Morgan fingerprint density at radius 3 is 2.53 bits per heavy atom. The molecule has 0 bridgehead atoms. The molecule has 0 fully saturated rings. The lowest BCUT2D eigenvalue weighted by molar-refractivity contribution is 0.175. The van der Waals surface area contributed by atoms with Gasteiger partial charge in [0.1, 0.15) is 0 Å². The summed E-state index contributed by atoms with van der Waals surface area (Å²) in [6.45, 7) is 13.9. The van der Waals surface area contributed by atoms with E-state index in [0.717, 1.165) is 26.1 Å². The van der Waals surface area contributed by atoms with E-state index in [9.17, 15) is 0 Å². The van der Waals surface area contributed by atoms with Crippen LogP contribution in [0.4, 0.5) is 0 Å². The Morgan fingerprint density at radius 2 is 2.05 bits per heavy atom. The fraction of sp³-hybridized carbons (Fsp3) is 0.800. The molecule has 0 saturated carbocycles. The van der Waals surface area contributed by atoms with Crippen LogP contribution in [0.5, 0.6) is 0 Å². The van der Waals surface area contributed by atoms with Crippen LogP contribution in [-0.2, 0) is 11.2 Å². The van der Waals surface area contributed by atoms with Crippen LogP contribution in [0.3, 0.4) is 0 Å². The Bertz CT molecular complexity index is 370. The van der Waals surface area contributed by atoms with Crippen LogP contribution in [0.2, 0.25) is 0 Å². The first kappa shape index (κ1) is 16.6. The molecule has 1 atom stereocenters. The van der Waals surface area contributed by atoms with E-state index in [1.807, 2.05) is 11.3 Å². The van der Waals surface area contributed by atoms with E-state index in [4.69, 9.17) is 4.74 Å². The highest BCUT2D eigenvalue weighted by Crippen LogP contribution is 2.32. The highest BCUT2D eigenvalue weighted by atomic mass is 32.1. The molecule has 1 unspecified atom stereocenters. The van der Waals surface area contributed by atoms with Gasteiger partial charge in [-0.3, -0.25) is 0 Å². The summed E-state index contributed by atoms with van der Waals surface area (Å²) in [6.07, 6.45) is 1.05. The van der Waals surface area contributed by atoms with E-state index in [0.29, 0.717) is 5.92 Å². The highest BCUT2D eigenvalue weighted by molar-refractivity contribution is 7.11. The van der Waals surface area contributed by atoms with Crippen molar-refractivity contribution in [2.75, 3.05) is 26.8 Å². The minimum Gasteiger partial charge on any atom is -0.383 e. The van der Waals surface area contributed by atoms with Crippen molar-refractivity contribution < 1.29 is 4.74 Å². The molecule has 0 aliphatic carbocycles. The maximum atomic E-state index is 5.08. The largest absolute Gasteiger partial charge is 0.383 e. The Morgan fingerprint density at radius 1 is 1.37 bits per heavy atom. The molecule has 1 rings (SSSR count). The molecule has 0 radical (unpaired) electrons. The molecule has 110 valence electrons. The van der Waals surface area contributed by atoms with Crippen LogP contribution in [0.1, 0.15) is 36.3 Å². The third-order valence-electron chi connectivity index (χ3n) is 4.03. The Labute approximate surface area is 121 Å². The Balaban J connectivity index is 2.65. The zero-order chi connectivity index (χ0) is 14.5. The van der Waals surface area contributed by atoms with Gasteiger partial charge in [-0.2, -0.15) is 0 Å². The number of aryl methyl sites for hydroxylation is 2. The first-order valence-corrected chi connectivity index (χ1v) is 7.83. The smallest absolute Gasteiger partial charge is 0.0936 e. The molecular weight excluding hydrogens is 256 g/mol. The van der Waals surface area contributed by atoms with Gasteiger partial charge in [0, 0.05) is 31.5 Å². The molecule has 0 aromatic carbocycles. The third-order valence-corrected chi connectivity index (χ3v) is 5.11. The number of methoxy groups -OCH3 is 1. The van der Waals surface area contributed by atoms with Gasteiger partial charge in [-0.1, -0.05) is 20.8 Å². The second-order valence-corrected chi connectivity index (χ2v) is 7.19. The van der Waals surface area contributed by atoms with Crippen LogP contribution >= 0.6 is 11.3 Å². The summed E-state index contributed by atoms with van der Waals surface area (Å²) in [5.74, 6) is 0.618. The Hall–Kier alpha value is -0.450. The molecule has 19 heavy (non-hydrogen) atoms. The lowest BCUT2D eigenvalue weighted by Crippen LogP contribution is -2.39. The topological polar surface area (TPSA) is 34.1 Å². The van der Waals surface area contributed by atoms with Crippen molar-refractivity contribution in [3.05, 3.63) is 15.6 Å². The monoisotopic (exact) mass is 284 g/mol. The van der Waals surface area contributed by atoms with Gasteiger partial charge in [0.05, 0.1) is 17.3 Å². The first-order valence-electron chi connectivity index (χ1n) is 7.01. The van der Waals surface area contributed by atoms with E-state index >= 15 is 0 Å². The van der Waals surface area contributed by atoms with Crippen LogP contribution in [0.25, 0.3) is 0 Å². The molecule has 0 aliphatic rings. The maximum Gasteiger partial charge on any atom is 0.0936 e. The summed E-state index contributed by atoms with van der Waals surface area (Å²) < 4.78 is 5.08. The summed E-state index contributed by atoms with van der Waals surface area (Å²) in [5.41, 5.74) is 1.42. The number of rotatable bonds is 8. The number of hydrogen-bond donors (Lipinski definition) is 1. The predicted octanol–water partition coefficient (Wildman–Crippen LogP) is 3.20. The van der Waals surface area contributed by atoms with Crippen molar-refractivity contribution in [1.82, 2.24) is 10.3 Å². The van der Waals surface area contributed by atoms with E-state index in [1.54, 1.807) is 7.11 Å². The summed E-state index contributed by atoms with van der Waals surface area (Å²) in [7, 11) is 1.74. The van der Waals surface area contributed by atoms with Crippen molar-refractivity contribution in [1.29, 1.82) is 0 Å². The number of nitrogens with zero attached hydrogens (tertiary/aromatic N) is 1. The van der Waals surface area contributed by atoms with E-state index in [-0.39, 0.29) is 5.41 Å². The number of ether oxygens (including phenoxy) is 1. The zero-order valence-electron chi connectivity index (χ0n) is 13.2. The zero-order valence-corrected chi connectivity index (χ0v) is 14.0. The molecule has 1 aromatic rings. The van der Waals surface area contributed by atoms with Gasteiger partial charge in [0.15, 0.2) is 0 Å². The van der Waals surface area contributed by atoms with Crippen molar-refractivity contribution in [3.63, 3.8) is 0 Å². The molecule has 1 heterocycles. The minimum absolute atomic E-state index is 0.241. The van der Waals surface area contributed by atoms with Crippen molar-refractivity contribution in [2.24, 2.45) is 11.3 Å². The normalized spacial score (nSPS) is 14.9. The highest BCUT2D eigenvalue weighted by Gasteiger charge is 2.29. The standard InChI is InChI=1S/C15H28N2OS/c1-11(2)15(5,10-16-7-8-18-6)9-14-17-12(3)13(4)19-14/h11,16H,7-10H2,1-6H3. The predicted molar refractivity (Wildman–Crippen MR) is 83.0 cm³/mol. The van der Waals surface area contributed by atoms with Gasteiger partial charge in [-0.05, 0) is 25.2 Å². The average Bonchev–Trinajstić information content (AvgIpc) is 2.63. The Kier molecular flexibility index (Phi) is 6.43. The second kappa shape index (κ2) is 7.36. The van der Waals surface area contributed by atoms with Crippen molar-refractivity contribution in [3.8, 4) is 0 Å². The fourth-order valence-corrected chi connectivity index (χ4v) is 3.11. The number of aromatic nitrogens is 1. The summed E-state index contributed by atoms with van der Waals surface area (Å²) in [4.78, 5) is 6.03. The molecule has 0 spiro atoms. The third kappa shape index (κ3) is 4.86. The van der Waals surface area contributed by atoms with Gasteiger partial charge in [-0.15, -0.1) is 11.3 Å². The average molecular weight is 284 g/mol. The first-order chi connectivity index (χ1) is 8.89. The lowest BCUT2D eigenvalue weighted by Gasteiger charge is -2.33. The van der Waals surface area contributed by atoms with E-state index in [1.165, 1.54) is 15.6 Å². The van der Waals surface area contributed by atoms with Gasteiger partial charge in [0.2, 0.25) is 0 Å². The van der Waals surface area contributed by atoms with Gasteiger partial charge in [-0.25, -0.2) is 4.98 Å². The number of nitrogens with one attached hydrogen (secondary N) is 1. The lowest BCUT2D eigenvalue weighted by atomic mass is 9.76. The van der Waals surface area contributed by atoms with Crippen LogP contribution in [0, 0.1) is 25.2 Å². The molecular formula is C15H28N2OS. The summed E-state index contributed by atoms with van der Waals surface area (Å²) in [6, 6.07) is 0. The summed E-state index contributed by atoms with van der Waals surface area (Å²) >= 11 is 1.84. The molecule has 0 amide bonds. The molecule has 1 N–H and O–H groups in total. The van der Waals surface area contributed by atoms with Crippen molar-refractivity contribution in [2.45, 2.75) is 41.0 Å². The van der Waals surface area contributed by atoms with Crippen LogP contribution < -0.4 is 5.32 Å². The molecule has 0 aliphatic heterocycles.